The summed E-state index contributed by atoms with van der Waals surface area (Å²) in [7, 11) is 0. The first-order valence-electron chi connectivity index (χ1n) is 5.97. The van der Waals surface area contributed by atoms with E-state index in [1.54, 1.807) is 11.3 Å². The van der Waals surface area contributed by atoms with Gasteiger partial charge in [0.1, 0.15) is 0 Å². The van der Waals surface area contributed by atoms with Gasteiger partial charge in [-0.3, -0.25) is 4.90 Å². The molecule has 2 rings (SSSR count). The summed E-state index contributed by atoms with van der Waals surface area (Å²) in [5, 5.41) is 7.86. The Morgan fingerprint density at radius 3 is 2.94 bits per heavy atom. The van der Waals surface area contributed by atoms with Crippen LogP contribution in [0.5, 0.6) is 0 Å². The third kappa shape index (κ3) is 4.22. The number of hydrogen-bond acceptors (Lipinski definition) is 4. The highest BCUT2D eigenvalue weighted by Crippen LogP contribution is 2.05. The fraction of sp³-hybridized carbons (Fsp3) is 0.667. The average Bonchev–Trinajstić information content (AvgIpc) is 2.83. The van der Waals surface area contributed by atoms with E-state index in [0.717, 1.165) is 52.4 Å². The third-order valence-electron chi connectivity index (χ3n) is 2.88. The monoisotopic (exact) mass is 240 g/mol. The van der Waals surface area contributed by atoms with E-state index in [-0.39, 0.29) is 0 Å². The number of nitrogens with one attached hydrogen (secondary N) is 1. The molecule has 0 unspecified atom stereocenters. The summed E-state index contributed by atoms with van der Waals surface area (Å²) in [5.74, 6) is 0. The van der Waals surface area contributed by atoms with E-state index in [1.165, 1.54) is 5.56 Å². The maximum Gasteiger partial charge on any atom is 0.0594 e. The lowest BCUT2D eigenvalue weighted by atomic mass is 10.2. The zero-order valence-corrected chi connectivity index (χ0v) is 10.5. The van der Waals surface area contributed by atoms with E-state index >= 15 is 0 Å². The van der Waals surface area contributed by atoms with Crippen LogP contribution in [-0.2, 0) is 11.2 Å². The molecule has 0 amide bonds. The second-order valence-corrected chi connectivity index (χ2v) is 4.87. The fourth-order valence-corrected chi connectivity index (χ4v) is 2.56. The van der Waals surface area contributed by atoms with Crippen LogP contribution in [0.4, 0.5) is 0 Å². The highest BCUT2D eigenvalue weighted by atomic mass is 32.1. The second kappa shape index (κ2) is 7.01. The molecule has 0 aliphatic carbocycles. The van der Waals surface area contributed by atoms with Crippen molar-refractivity contribution in [1.82, 2.24) is 10.2 Å². The van der Waals surface area contributed by atoms with E-state index in [9.17, 15) is 0 Å². The van der Waals surface area contributed by atoms with Crippen LogP contribution in [0.2, 0.25) is 0 Å². The van der Waals surface area contributed by atoms with Gasteiger partial charge < -0.3 is 10.1 Å². The second-order valence-electron chi connectivity index (χ2n) is 4.09. The minimum absolute atomic E-state index is 0.898. The van der Waals surface area contributed by atoms with Crippen molar-refractivity contribution in [1.29, 1.82) is 0 Å². The highest BCUT2D eigenvalue weighted by molar-refractivity contribution is 7.07. The van der Waals surface area contributed by atoms with Crippen LogP contribution < -0.4 is 5.32 Å². The molecule has 1 aromatic rings. The largest absolute Gasteiger partial charge is 0.379 e. The minimum Gasteiger partial charge on any atom is -0.379 e. The molecule has 1 aromatic heterocycles. The molecule has 1 saturated heterocycles. The third-order valence-corrected chi connectivity index (χ3v) is 3.61. The van der Waals surface area contributed by atoms with Crippen molar-refractivity contribution < 1.29 is 4.74 Å². The Kier molecular flexibility index (Phi) is 5.28. The van der Waals surface area contributed by atoms with Crippen LogP contribution in [0.3, 0.4) is 0 Å². The first-order chi connectivity index (χ1) is 7.95. The Bertz CT molecular complexity index is 271. The summed E-state index contributed by atoms with van der Waals surface area (Å²) < 4.78 is 5.32. The Balaban J connectivity index is 1.48. The summed E-state index contributed by atoms with van der Waals surface area (Å²) in [4.78, 5) is 2.46. The Hall–Kier alpha value is -0.420. The lowest BCUT2D eigenvalue weighted by molar-refractivity contribution is 0.0385. The zero-order valence-electron chi connectivity index (χ0n) is 9.65. The summed E-state index contributed by atoms with van der Waals surface area (Å²) in [5.41, 5.74) is 1.45. The Labute approximate surface area is 101 Å². The van der Waals surface area contributed by atoms with Gasteiger partial charge in [0, 0.05) is 26.2 Å². The number of morpholine rings is 1. The van der Waals surface area contributed by atoms with E-state index in [1.807, 2.05) is 0 Å². The lowest BCUT2D eigenvalue weighted by Gasteiger charge is -2.26. The standard InChI is InChI=1S/C12H20N2OS/c1(12-2-10-16-11-12)3-13-4-5-14-6-8-15-9-7-14/h2,10-11,13H,1,3-9H2. The van der Waals surface area contributed by atoms with E-state index in [4.69, 9.17) is 4.74 Å². The van der Waals surface area contributed by atoms with Gasteiger partial charge in [0.2, 0.25) is 0 Å². The van der Waals surface area contributed by atoms with Gasteiger partial charge in [-0.05, 0) is 35.4 Å². The molecular formula is C12H20N2OS. The molecule has 0 radical (unpaired) electrons. The molecule has 1 N–H and O–H groups in total. The predicted molar refractivity (Wildman–Crippen MR) is 68.2 cm³/mol. The number of rotatable bonds is 6. The molecule has 0 spiro atoms. The SMILES string of the molecule is c1cc(CCNCCN2CCOCC2)cs1. The smallest absolute Gasteiger partial charge is 0.0594 e. The zero-order chi connectivity index (χ0) is 11.1. The van der Waals surface area contributed by atoms with Crippen molar-refractivity contribution in [3.63, 3.8) is 0 Å². The molecule has 1 fully saturated rings. The van der Waals surface area contributed by atoms with Crippen LogP contribution in [-0.4, -0.2) is 50.8 Å². The molecule has 0 aromatic carbocycles. The lowest BCUT2D eigenvalue weighted by Crippen LogP contribution is -2.40. The molecule has 90 valence electrons. The maximum absolute atomic E-state index is 5.32. The topological polar surface area (TPSA) is 24.5 Å². The quantitative estimate of drug-likeness (QED) is 0.757. The molecule has 0 saturated carbocycles. The Morgan fingerprint density at radius 2 is 2.19 bits per heavy atom. The summed E-state index contributed by atoms with van der Waals surface area (Å²) in [6.45, 7) is 7.29. The van der Waals surface area contributed by atoms with Crippen molar-refractivity contribution in [2.75, 3.05) is 45.9 Å². The predicted octanol–water partition coefficient (Wildman–Crippen LogP) is 1.21. The number of nitrogens with zero attached hydrogens (tertiary/aromatic N) is 1. The average molecular weight is 240 g/mol. The van der Waals surface area contributed by atoms with Crippen molar-refractivity contribution in [2.24, 2.45) is 0 Å². The highest BCUT2D eigenvalue weighted by Gasteiger charge is 2.08. The van der Waals surface area contributed by atoms with Crippen LogP contribution in [0, 0.1) is 0 Å². The van der Waals surface area contributed by atoms with Gasteiger partial charge in [-0.2, -0.15) is 11.3 Å². The molecular weight excluding hydrogens is 220 g/mol. The minimum atomic E-state index is 0.898. The van der Waals surface area contributed by atoms with Crippen molar-refractivity contribution in [2.45, 2.75) is 6.42 Å². The van der Waals surface area contributed by atoms with E-state index in [0.29, 0.717) is 0 Å². The van der Waals surface area contributed by atoms with Crippen molar-refractivity contribution >= 4 is 11.3 Å². The van der Waals surface area contributed by atoms with Gasteiger partial charge in [0.25, 0.3) is 0 Å². The van der Waals surface area contributed by atoms with Gasteiger partial charge in [-0.25, -0.2) is 0 Å². The van der Waals surface area contributed by atoms with E-state index in [2.05, 4.69) is 27.0 Å². The van der Waals surface area contributed by atoms with Crippen LogP contribution in [0.1, 0.15) is 5.56 Å². The number of ether oxygens (including phenoxy) is 1. The molecule has 16 heavy (non-hydrogen) atoms. The molecule has 1 aliphatic heterocycles. The van der Waals surface area contributed by atoms with Gasteiger partial charge in [0.05, 0.1) is 13.2 Å². The molecule has 4 heteroatoms. The Morgan fingerprint density at radius 1 is 1.31 bits per heavy atom. The van der Waals surface area contributed by atoms with Gasteiger partial charge in [0.15, 0.2) is 0 Å². The number of thiophene rings is 1. The molecule has 1 aliphatic rings. The van der Waals surface area contributed by atoms with Gasteiger partial charge in [-0.15, -0.1) is 0 Å². The fourth-order valence-electron chi connectivity index (χ4n) is 1.85. The summed E-state index contributed by atoms with van der Waals surface area (Å²) in [6, 6.07) is 2.20. The van der Waals surface area contributed by atoms with Crippen molar-refractivity contribution in [3.05, 3.63) is 22.4 Å². The molecule has 0 bridgehead atoms. The van der Waals surface area contributed by atoms with Crippen LogP contribution in [0.25, 0.3) is 0 Å². The van der Waals surface area contributed by atoms with Gasteiger partial charge in [-0.1, -0.05) is 0 Å². The molecule has 3 nitrogen and oxygen atoms in total. The first-order valence-corrected chi connectivity index (χ1v) is 6.91. The van der Waals surface area contributed by atoms with Gasteiger partial charge >= 0.3 is 0 Å². The maximum atomic E-state index is 5.32. The van der Waals surface area contributed by atoms with Crippen LogP contribution in [0.15, 0.2) is 16.8 Å². The van der Waals surface area contributed by atoms with E-state index < -0.39 is 0 Å². The normalized spacial score (nSPS) is 17.8. The number of hydrogen-bond donors (Lipinski definition) is 1. The first kappa shape index (κ1) is 12.0. The van der Waals surface area contributed by atoms with Crippen LogP contribution >= 0.6 is 11.3 Å². The van der Waals surface area contributed by atoms with Crippen molar-refractivity contribution in [3.8, 4) is 0 Å². The summed E-state index contributed by atoms with van der Waals surface area (Å²) >= 11 is 1.78. The molecule has 0 atom stereocenters. The molecule has 2 heterocycles. The summed E-state index contributed by atoms with van der Waals surface area (Å²) in [6.07, 6.45) is 1.15.